The van der Waals surface area contributed by atoms with Crippen molar-refractivity contribution in [2.75, 3.05) is 12.0 Å². The van der Waals surface area contributed by atoms with E-state index in [0.29, 0.717) is 17.2 Å². The topological polar surface area (TPSA) is 69.4 Å². The van der Waals surface area contributed by atoms with Crippen LogP contribution in [0.4, 0.5) is 5.69 Å². The quantitative estimate of drug-likeness (QED) is 0.876. The molecule has 5 heteroatoms. The minimum absolute atomic E-state index is 0.220. The maximum absolute atomic E-state index is 11.5. The fraction of sp³-hybridized carbons (Fsp3) is 0.143. The number of nitrogens with two attached hydrogens (primary N) is 1. The van der Waals surface area contributed by atoms with Gasteiger partial charge in [-0.05, 0) is 36.8 Å². The van der Waals surface area contributed by atoms with E-state index in [2.05, 4.69) is 0 Å². The van der Waals surface area contributed by atoms with E-state index >= 15 is 0 Å². The van der Waals surface area contributed by atoms with Crippen LogP contribution in [0.25, 0.3) is 0 Å². The summed E-state index contributed by atoms with van der Waals surface area (Å²) in [4.78, 5) is 0.220. The highest BCUT2D eigenvalue weighted by Crippen LogP contribution is 2.31. The Morgan fingerprint density at radius 2 is 1.79 bits per heavy atom. The van der Waals surface area contributed by atoms with Crippen molar-refractivity contribution in [3.63, 3.8) is 0 Å². The first-order chi connectivity index (χ1) is 8.88. The summed E-state index contributed by atoms with van der Waals surface area (Å²) in [7, 11) is -3.25. The lowest BCUT2D eigenvalue weighted by atomic mass is 10.2. The summed E-state index contributed by atoms with van der Waals surface area (Å²) in [5.74, 6) is 0.997. The lowest BCUT2D eigenvalue weighted by molar-refractivity contribution is 0.479. The zero-order valence-corrected chi connectivity index (χ0v) is 11.6. The number of nitrogen functional groups attached to an aromatic ring is 1. The summed E-state index contributed by atoms with van der Waals surface area (Å²) in [6.45, 7) is 1.88. The van der Waals surface area contributed by atoms with Crippen molar-refractivity contribution in [1.29, 1.82) is 0 Å². The van der Waals surface area contributed by atoms with E-state index in [0.717, 1.165) is 11.8 Å². The van der Waals surface area contributed by atoms with Crippen LogP contribution >= 0.6 is 0 Å². The van der Waals surface area contributed by atoms with Gasteiger partial charge in [-0.25, -0.2) is 8.42 Å². The second-order valence-corrected chi connectivity index (χ2v) is 6.36. The van der Waals surface area contributed by atoms with E-state index in [4.69, 9.17) is 10.5 Å². The fourth-order valence-corrected chi connectivity index (χ4v) is 2.36. The van der Waals surface area contributed by atoms with Gasteiger partial charge in [0.2, 0.25) is 0 Å². The molecule has 2 aromatic carbocycles. The van der Waals surface area contributed by atoms with Crippen LogP contribution in [0.1, 0.15) is 5.56 Å². The Hall–Kier alpha value is -2.01. The number of ether oxygens (including phenoxy) is 1. The summed E-state index contributed by atoms with van der Waals surface area (Å²) in [5.41, 5.74) is 7.26. The van der Waals surface area contributed by atoms with Crippen LogP contribution in [0.3, 0.4) is 0 Å². The minimum Gasteiger partial charge on any atom is -0.455 e. The largest absolute Gasteiger partial charge is 0.455 e. The van der Waals surface area contributed by atoms with Gasteiger partial charge < -0.3 is 10.5 Å². The molecule has 0 heterocycles. The number of hydrogen-bond donors (Lipinski definition) is 1. The number of hydrogen-bond acceptors (Lipinski definition) is 4. The van der Waals surface area contributed by atoms with E-state index in [1.165, 1.54) is 12.1 Å². The molecule has 0 aliphatic rings. The van der Waals surface area contributed by atoms with Crippen molar-refractivity contribution < 1.29 is 13.2 Å². The average Bonchev–Trinajstić information content (AvgIpc) is 2.33. The molecule has 0 fully saturated rings. The first kappa shape index (κ1) is 13.4. The number of rotatable bonds is 3. The number of sulfone groups is 1. The van der Waals surface area contributed by atoms with Crippen LogP contribution in [0, 0.1) is 6.92 Å². The van der Waals surface area contributed by atoms with Gasteiger partial charge in [0.15, 0.2) is 15.6 Å². The van der Waals surface area contributed by atoms with Gasteiger partial charge in [0.25, 0.3) is 0 Å². The first-order valence-electron chi connectivity index (χ1n) is 5.71. The molecule has 2 aromatic rings. The third-order valence-corrected chi connectivity index (χ3v) is 3.81. The van der Waals surface area contributed by atoms with Gasteiger partial charge in [0.05, 0.1) is 10.6 Å². The molecule has 0 amide bonds. The molecule has 0 aromatic heterocycles. The third-order valence-electron chi connectivity index (χ3n) is 2.70. The maximum Gasteiger partial charge on any atom is 0.175 e. The average molecular weight is 277 g/mol. The first-order valence-corrected chi connectivity index (χ1v) is 7.60. The van der Waals surface area contributed by atoms with Crippen molar-refractivity contribution in [3.05, 3.63) is 48.0 Å². The van der Waals surface area contributed by atoms with Gasteiger partial charge in [0.1, 0.15) is 5.75 Å². The zero-order valence-electron chi connectivity index (χ0n) is 10.8. The van der Waals surface area contributed by atoms with Crippen molar-refractivity contribution in [2.24, 2.45) is 0 Å². The summed E-state index contributed by atoms with van der Waals surface area (Å²) in [5, 5.41) is 0. The number of anilines is 1. The van der Waals surface area contributed by atoms with Crippen molar-refractivity contribution >= 4 is 15.5 Å². The summed E-state index contributed by atoms with van der Waals surface area (Å²) >= 11 is 0. The molecule has 0 radical (unpaired) electrons. The van der Waals surface area contributed by atoms with E-state index in [9.17, 15) is 8.42 Å². The Kier molecular flexibility index (Phi) is 3.48. The number of benzene rings is 2. The number of para-hydroxylation sites is 1. The van der Waals surface area contributed by atoms with E-state index in [1.54, 1.807) is 18.2 Å². The molecule has 0 aliphatic carbocycles. The van der Waals surface area contributed by atoms with Gasteiger partial charge >= 0.3 is 0 Å². The molecule has 0 saturated carbocycles. The molecule has 100 valence electrons. The van der Waals surface area contributed by atoms with Crippen LogP contribution in [-0.2, 0) is 9.84 Å². The van der Waals surface area contributed by atoms with Gasteiger partial charge in [-0.2, -0.15) is 0 Å². The lowest BCUT2D eigenvalue weighted by Crippen LogP contribution is -1.98. The van der Waals surface area contributed by atoms with Crippen molar-refractivity contribution in [2.45, 2.75) is 11.8 Å². The highest BCUT2D eigenvalue weighted by molar-refractivity contribution is 7.90. The Labute approximate surface area is 112 Å². The highest BCUT2D eigenvalue weighted by Gasteiger charge is 2.10. The molecular formula is C14H15NO3S. The van der Waals surface area contributed by atoms with Crippen LogP contribution < -0.4 is 10.5 Å². The molecule has 0 saturated heterocycles. The summed E-state index contributed by atoms with van der Waals surface area (Å²) in [6, 6.07) is 11.8. The summed E-state index contributed by atoms with van der Waals surface area (Å²) in [6.07, 6.45) is 1.16. The monoisotopic (exact) mass is 277 g/mol. The highest BCUT2D eigenvalue weighted by atomic mass is 32.2. The smallest absolute Gasteiger partial charge is 0.175 e. The molecule has 0 unspecified atom stereocenters. The normalized spacial score (nSPS) is 11.3. The van der Waals surface area contributed by atoms with E-state index in [1.807, 2.05) is 19.1 Å². The van der Waals surface area contributed by atoms with Gasteiger partial charge in [-0.3, -0.25) is 0 Å². The molecule has 4 nitrogen and oxygen atoms in total. The second-order valence-electron chi connectivity index (χ2n) is 4.34. The Balaban J connectivity index is 2.40. The molecule has 0 atom stereocenters. The fourth-order valence-electron chi connectivity index (χ4n) is 1.70. The van der Waals surface area contributed by atoms with Gasteiger partial charge in [-0.15, -0.1) is 0 Å². The van der Waals surface area contributed by atoms with Crippen molar-refractivity contribution in [1.82, 2.24) is 0 Å². The van der Waals surface area contributed by atoms with E-state index in [-0.39, 0.29) is 4.90 Å². The Morgan fingerprint density at radius 1 is 1.11 bits per heavy atom. The molecule has 0 bridgehead atoms. The Morgan fingerprint density at radius 3 is 2.42 bits per heavy atom. The van der Waals surface area contributed by atoms with Crippen LogP contribution in [-0.4, -0.2) is 14.7 Å². The van der Waals surface area contributed by atoms with Gasteiger partial charge in [0, 0.05) is 6.26 Å². The minimum atomic E-state index is -3.25. The SMILES string of the molecule is Cc1cccc(N)c1Oc1cccc(S(C)(=O)=O)c1. The maximum atomic E-state index is 11.5. The zero-order chi connectivity index (χ0) is 14.0. The summed E-state index contributed by atoms with van der Waals surface area (Å²) < 4.78 is 28.7. The molecule has 0 aliphatic heterocycles. The molecule has 2 N–H and O–H groups in total. The predicted molar refractivity (Wildman–Crippen MR) is 75.2 cm³/mol. The van der Waals surface area contributed by atoms with E-state index < -0.39 is 9.84 Å². The third kappa shape index (κ3) is 3.06. The van der Waals surface area contributed by atoms with Crippen LogP contribution in [0.5, 0.6) is 11.5 Å². The predicted octanol–water partition coefficient (Wildman–Crippen LogP) is 2.77. The van der Waals surface area contributed by atoms with Crippen LogP contribution in [0.15, 0.2) is 47.4 Å². The molecule has 0 spiro atoms. The van der Waals surface area contributed by atoms with Crippen molar-refractivity contribution in [3.8, 4) is 11.5 Å². The molecule has 2 rings (SSSR count). The lowest BCUT2D eigenvalue weighted by Gasteiger charge is -2.11. The number of aryl methyl sites for hydroxylation is 1. The van der Waals surface area contributed by atoms with Gasteiger partial charge in [-0.1, -0.05) is 18.2 Å². The standard InChI is InChI=1S/C14H15NO3S/c1-10-5-3-8-13(15)14(10)18-11-6-4-7-12(9-11)19(2,16)17/h3-9H,15H2,1-2H3. The Bertz CT molecular complexity index is 688. The van der Waals surface area contributed by atoms with Crippen LogP contribution in [0.2, 0.25) is 0 Å². The molecular weight excluding hydrogens is 262 g/mol. The molecule has 19 heavy (non-hydrogen) atoms. The second kappa shape index (κ2) is 4.93.